The highest BCUT2D eigenvalue weighted by Crippen LogP contribution is 2.18. The van der Waals surface area contributed by atoms with Crippen LogP contribution in [0.15, 0.2) is 66.9 Å². The van der Waals surface area contributed by atoms with Gasteiger partial charge in [0.1, 0.15) is 18.6 Å². The number of benzene rings is 2. The van der Waals surface area contributed by atoms with Crippen LogP contribution < -0.4 is 10.6 Å². The SMILES string of the molecule is CCC(NC(=O)C(C)N1CCCC[C@H](NC(=O)c2cnc3ccccc3c2)C1=O)C(=O)Cn1nnnc1Cc1ccccc1. The van der Waals surface area contributed by atoms with E-state index in [4.69, 9.17) is 0 Å². The number of nitrogens with zero attached hydrogens (tertiary/aromatic N) is 6. The van der Waals surface area contributed by atoms with Crippen LogP contribution in [-0.2, 0) is 27.3 Å². The smallest absolute Gasteiger partial charge is 0.253 e. The van der Waals surface area contributed by atoms with Gasteiger partial charge in [0.15, 0.2) is 11.6 Å². The summed E-state index contributed by atoms with van der Waals surface area (Å²) in [5, 5.41) is 18.3. The van der Waals surface area contributed by atoms with Gasteiger partial charge in [0.25, 0.3) is 5.91 Å². The van der Waals surface area contributed by atoms with Crippen LogP contribution in [0.2, 0.25) is 0 Å². The van der Waals surface area contributed by atoms with Gasteiger partial charge in [-0.1, -0.05) is 55.5 Å². The quantitative estimate of drug-likeness (QED) is 0.268. The Labute approximate surface area is 255 Å². The molecule has 2 aromatic carbocycles. The van der Waals surface area contributed by atoms with E-state index in [1.165, 1.54) is 15.8 Å². The number of tetrazole rings is 1. The molecule has 0 saturated carbocycles. The zero-order valence-corrected chi connectivity index (χ0v) is 24.8. The Morgan fingerprint density at radius 1 is 1.05 bits per heavy atom. The summed E-state index contributed by atoms with van der Waals surface area (Å²) >= 11 is 0. The lowest BCUT2D eigenvalue weighted by Gasteiger charge is -2.30. The van der Waals surface area contributed by atoms with Crippen molar-refractivity contribution in [2.75, 3.05) is 6.54 Å². The molecule has 44 heavy (non-hydrogen) atoms. The van der Waals surface area contributed by atoms with Gasteiger partial charge in [0.05, 0.1) is 17.1 Å². The number of para-hydroxylation sites is 1. The molecular formula is C32H36N8O4. The van der Waals surface area contributed by atoms with Crippen molar-refractivity contribution in [3.63, 3.8) is 0 Å². The lowest BCUT2D eigenvalue weighted by molar-refractivity contribution is -0.141. The van der Waals surface area contributed by atoms with Crippen molar-refractivity contribution in [3.05, 3.63) is 83.8 Å². The molecule has 12 nitrogen and oxygen atoms in total. The van der Waals surface area contributed by atoms with Crippen molar-refractivity contribution in [2.24, 2.45) is 0 Å². The average molecular weight is 597 g/mol. The van der Waals surface area contributed by atoms with Crippen LogP contribution in [0.25, 0.3) is 10.9 Å². The minimum absolute atomic E-state index is 0.0945. The van der Waals surface area contributed by atoms with Crippen molar-refractivity contribution in [1.29, 1.82) is 0 Å². The third-order valence-electron chi connectivity index (χ3n) is 7.96. The highest BCUT2D eigenvalue weighted by atomic mass is 16.2. The first-order valence-corrected chi connectivity index (χ1v) is 14.9. The molecule has 2 aromatic heterocycles. The standard InChI is InChI=1S/C32H36N8O4/c1-3-25(28(41)20-40-29(36-37-38-40)17-22-11-5-4-6-12-22)34-30(42)21(2)39-16-10-9-15-27(32(39)44)35-31(43)24-18-23-13-7-8-14-26(23)33-19-24/h4-8,11-14,18-19,21,25,27H,3,9-10,15-17,20H2,1-2H3,(H,34,42)(H,35,43)/t21?,25?,27-/m0/s1. The van der Waals surface area contributed by atoms with Gasteiger partial charge in [-0.2, -0.15) is 0 Å². The van der Waals surface area contributed by atoms with Crippen molar-refractivity contribution in [1.82, 2.24) is 40.7 Å². The summed E-state index contributed by atoms with van der Waals surface area (Å²) in [5.74, 6) is -0.865. The van der Waals surface area contributed by atoms with E-state index in [9.17, 15) is 19.2 Å². The molecule has 2 unspecified atom stereocenters. The second kappa shape index (κ2) is 14.0. The Morgan fingerprint density at radius 2 is 1.82 bits per heavy atom. The third kappa shape index (κ3) is 7.13. The minimum atomic E-state index is -0.842. The average Bonchev–Trinajstić information content (AvgIpc) is 3.39. The number of carbonyl (C=O) groups is 4. The second-order valence-electron chi connectivity index (χ2n) is 11.0. The topological polar surface area (TPSA) is 152 Å². The van der Waals surface area contributed by atoms with E-state index in [1.807, 2.05) is 61.5 Å². The number of hydrogen-bond acceptors (Lipinski definition) is 8. The number of fused-ring (bicyclic) bond motifs is 1. The number of ketones is 1. The predicted octanol–water partition coefficient (Wildman–Crippen LogP) is 2.48. The lowest BCUT2D eigenvalue weighted by Crippen LogP contribution is -2.56. The number of carbonyl (C=O) groups excluding carboxylic acids is 4. The second-order valence-corrected chi connectivity index (χ2v) is 11.0. The Hall–Kier alpha value is -5.00. The largest absolute Gasteiger partial charge is 0.344 e. The molecule has 228 valence electrons. The molecule has 1 fully saturated rings. The van der Waals surface area contributed by atoms with E-state index in [-0.39, 0.29) is 18.2 Å². The molecule has 3 amide bonds. The molecule has 5 rings (SSSR count). The number of nitrogens with one attached hydrogen (secondary N) is 2. The molecule has 0 radical (unpaired) electrons. The van der Waals surface area contributed by atoms with Crippen molar-refractivity contribution < 1.29 is 19.2 Å². The normalized spacial score (nSPS) is 16.6. The molecule has 0 spiro atoms. The van der Waals surface area contributed by atoms with Crippen LogP contribution in [0, 0.1) is 0 Å². The summed E-state index contributed by atoms with van der Waals surface area (Å²) in [6.45, 7) is 3.72. The molecule has 1 aliphatic rings. The third-order valence-corrected chi connectivity index (χ3v) is 7.96. The predicted molar refractivity (Wildman–Crippen MR) is 162 cm³/mol. The molecule has 1 aliphatic heterocycles. The summed E-state index contributed by atoms with van der Waals surface area (Å²) in [6, 6.07) is 16.5. The van der Waals surface area contributed by atoms with Gasteiger partial charge in [-0.25, -0.2) is 4.68 Å². The summed E-state index contributed by atoms with van der Waals surface area (Å²) < 4.78 is 1.45. The molecule has 12 heteroatoms. The zero-order chi connectivity index (χ0) is 31.1. The Morgan fingerprint density at radius 3 is 2.61 bits per heavy atom. The molecule has 1 saturated heterocycles. The van der Waals surface area contributed by atoms with Gasteiger partial charge in [-0.3, -0.25) is 24.2 Å². The van der Waals surface area contributed by atoms with Gasteiger partial charge in [-0.05, 0) is 60.7 Å². The maximum absolute atomic E-state index is 13.6. The Balaban J connectivity index is 1.20. The highest BCUT2D eigenvalue weighted by molar-refractivity contribution is 6.00. The lowest BCUT2D eigenvalue weighted by atomic mass is 10.1. The van der Waals surface area contributed by atoms with Gasteiger partial charge in [0.2, 0.25) is 11.8 Å². The summed E-state index contributed by atoms with van der Waals surface area (Å²) in [5.41, 5.74) is 2.14. The first-order chi connectivity index (χ1) is 21.3. The van der Waals surface area contributed by atoms with Crippen LogP contribution in [0.3, 0.4) is 0 Å². The summed E-state index contributed by atoms with van der Waals surface area (Å²) in [7, 11) is 0. The first-order valence-electron chi connectivity index (χ1n) is 14.9. The molecular weight excluding hydrogens is 560 g/mol. The van der Waals surface area contributed by atoms with E-state index in [2.05, 4.69) is 31.1 Å². The molecule has 4 aromatic rings. The number of pyridine rings is 1. The van der Waals surface area contributed by atoms with Crippen molar-refractivity contribution in [2.45, 2.75) is 70.6 Å². The van der Waals surface area contributed by atoms with E-state index in [1.54, 1.807) is 13.0 Å². The van der Waals surface area contributed by atoms with Gasteiger partial charge < -0.3 is 15.5 Å². The van der Waals surface area contributed by atoms with Crippen LogP contribution >= 0.6 is 0 Å². The van der Waals surface area contributed by atoms with Gasteiger partial charge in [0, 0.05) is 24.5 Å². The van der Waals surface area contributed by atoms with E-state index < -0.39 is 29.9 Å². The van der Waals surface area contributed by atoms with E-state index in [0.717, 1.165) is 16.5 Å². The Kier molecular flexibility index (Phi) is 9.68. The number of hydrogen-bond donors (Lipinski definition) is 2. The fourth-order valence-electron chi connectivity index (χ4n) is 5.37. The first kappa shape index (κ1) is 30.5. The van der Waals surface area contributed by atoms with Crippen molar-refractivity contribution in [3.8, 4) is 0 Å². The Bertz CT molecular complexity index is 1640. The van der Waals surface area contributed by atoms with Crippen molar-refractivity contribution >= 4 is 34.4 Å². The maximum Gasteiger partial charge on any atom is 0.253 e. The van der Waals surface area contributed by atoms with E-state index >= 15 is 0 Å². The number of rotatable bonds is 11. The highest BCUT2D eigenvalue weighted by Gasteiger charge is 2.35. The molecule has 3 atom stereocenters. The fraction of sp³-hybridized carbons (Fsp3) is 0.375. The molecule has 0 bridgehead atoms. The summed E-state index contributed by atoms with van der Waals surface area (Å²) in [4.78, 5) is 59.1. The molecule has 3 heterocycles. The fourth-order valence-corrected chi connectivity index (χ4v) is 5.37. The molecule has 0 aliphatic carbocycles. The van der Waals surface area contributed by atoms with Crippen LogP contribution in [0.4, 0.5) is 0 Å². The minimum Gasteiger partial charge on any atom is -0.344 e. The number of aromatic nitrogens is 5. The number of Topliss-reactive ketones (excluding diaryl/α,β-unsaturated/α-hetero) is 1. The van der Waals surface area contributed by atoms with Crippen LogP contribution in [0.5, 0.6) is 0 Å². The summed E-state index contributed by atoms with van der Waals surface area (Å²) in [6.07, 6.45) is 4.18. The van der Waals surface area contributed by atoms with Crippen LogP contribution in [-0.4, -0.2) is 78.3 Å². The maximum atomic E-state index is 13.6. The van der Waals surface area contributed by atoms with E-state index in [0.29, 0.717) is 50.0 Å². The monoisotopic (exact) mass is 596 g/mol. The van der Waals surface area contributed by atoms with Crippen LogP contribution in [0.1, 0.15) is 61.3 Å². The zero-order valence-electron chi connectivity index (χ0n) is 24.8. The number of likely N-dealkylation sites (tertiary alicyclic amines) is 1. The van der Waals surface area contributed by atoms with Gasteiger partial charge in [-0.15, -0.1) is 5.10 Å². The molecule has 2 N–H and O–H groups in total. The van der Waals surface area contributed by atoms with Gasteiger partial charge >= 0.3 is 0 Å². The number of amides is 3.